The Morgan fingerprint density at radius 2 is 2.14 bits per heavy atom. The van der Waals surface area contributed by atoms with Gasteiger partial charge in [-0.25, -0.2) is 9.67 Å². The number of ether oxygens (including phenoxy) is 2. The van der Waals surface area contributed by atoms with E-state index < -0.39 is 12.5 Å². The third-order valence-electron chi connectivity index (χ3n) is 4.73. The molecule has 1 N–H and O–H groups in total. The van der Waals surface area contributed by atoms with Crippen LogP contribution in [0, 0.1) is 0 Å². The fourth-order valence-electron chi connectivity index (χ4n) is 3.26. The van der Waals surface area contributed by atoms with Crippen molar-refractivity contribution in [2.45, 2.75) is 25.3 Å². The molecule has 0 bridgehead atoms. The van der Waals surface area contributed by atoms with Crippen LogP contribution in [-0.2, 0) is 4.74 Å². The lowest BCUT2D eigenvalue weighted by Crippen LogP contribution is -2.15. The topological polar surface area (TPSA) is 82.7 Å². The van der Waals surface area contributed by atoms with E-state index >= 15 is 0 Å². The van der Waals surface area contributed by atoms with E-state index in [1.165, 1.54) is 13.2 Å². The number of methoxy groups -OCH3 is 1. The quantitative estimate of drug-likeness (QED) is 0.723. The second-order valence-corrected chi connectivity index (χ2v) is 6.49. The SMILES string of the molecule is COc1cc2nc(C3CCOCC3)cn2cc1C(=O)Nc1ccn(C(F)F)n1. The van der Waals surface area contributed by atoms with Crippen molar-refractivity contribution in [3.63, 3.8) is 0 Å². The third kappa shape index (κ3) is 3.55. The van der Waals surface area contributed by atoms with E-state index in [0.717, 1.165) is 24.7 Å². The number of nitrogens with one attached hydrogen (secondary N) is 1. The predicted molar refractivity (Wildman–Crippen MR) is 96.0 cm³/mol. The van der Waals surface area contributed by atoms with Gasteiger partial charge in [0.05, 0.1) is 18.4 Å². The van der Waals surface area contributed by atoms with Gasteiger partial charge in [0.1, 0.15) is 11.4 Å². The van der Waals surface area contributed by atoms with E-state index in [2.05, 4.69) is 15.4 Å². The van der Waals surface area contributed by atoms with Gasteiger partial charge in [-0.2, -0.15) is 13.9 Å². The maximum Gasteiger partial charge on any atom is 0.333 e. The Morgan fingerprint density at radius 3 is 2.82 bits per heavy atom. The van der Waals surface area contributed by atoms with Gasteiger partial charge in [0.15, 0.2) is 5.82 Å². The number of carbonyl (C=O) groups excluding carboxylic acids is 1. The van der Waals surface area contributed by atoms with Gasteiger partial charge in [-0.1, -0.05) is 0 Å². The molecule has 3 aromatic rings. The highest BCUT2D eigenvalue weighted by molar-refractivity contribution is 6.05. The number of rotatable bonds is 5. The van der Waals surface area contributed by atoms with Crippen molar-refractivity contribution in [3.8, 4) is 5.75 Å². The van der Waals surface area contributed by atoms with Crippen LogP contribution in [-0.4, -0.2) is 45.4 Å². The lowest BCUT2D eigenvalue weighted by Gasteiger charge is -2.19. The molecular weight excluding hydrogens is 372 g/mol. The third-order valence-corrected chi connectivity index (χ3v) is 4.73. The smallest absolute Gasteiger partial charge is 0.333 e. The molecule has 10 heteroatoms. The maximum atomic E-state index is 12.6. The minimum absolute atomic E-state index is 0.0287. The number of amides is 1. The van der Waals surface area contributed by atoms with E-state index in [-0.39, 0.29) is 11.4 Å². The summed E-state index contributed by atoms with van der Waals surface area (Å²) in [5, 5.41) is 6.13. The Bertz CT molecular complexity index is 994. The van der Waals surface area contributed by atoms with Crippen LogP contribution in [0.5, 0.6) is 5.75 Å². The van der Waals surface area contributed by atoms with Gasteiger partial charge < -0.3 is 19.2 Å². The summed E-state index contributed by atoms with van der Waals surface area (Å²) < 4.78 is 38.2. The van der Waals surface area contributed by atoms with Gasteiger partial charge in [-0.15, -0.1) is 0 Å². The van der Waals surface area contributed by atoms with Crippen LogP contribution in [0.25, 0.3) is 5.65 Å². The van der Waals surface area contributed by atoms with Gasteiger partial charge >= 0.3 is 6.55 Å². The summed E-state index contributed by atoms with van der Waals surface area (Å²) in [7, 11) is 1.45. The highest BCUT2D eigenvalue weighted by Gasteiger charge is 2.21. The van der Waals surface area contributed by atoms with E-state index in [9.17, 15) is 13.6 Å². The highest BCUT2D eigenvalue weighted by atomic mass is 19.3. The van der Waals surface area contributed by atoms with Crippen molar-refractivity contribution in [3.05, 3.63) is 42.0 Å². The van der Waals surface area contributed by atoms with Gasteiger partial charge in [0.2, 0.25) is 0 Å². The van der Waals surface area contributed by atoms with E-state index in [1.54, 1.807) is 16.7 Å². The van der Waals surface area contributed by atoms with Crippen molar-refractivity contribution in [2.24, 2.45) is 0 Å². The molecular formula is C18H19F2N5O3. The molecule has 0 atom stereocenters. The molecule has 1 aliphatic rings. The molecule has 1 amide bonds. The summed E-state index contributed by atoms with van der Waals surface area (Å²) in [6, 6.07) is 2.98. The molecule has 1 aliphatic heterocycles. The molecule has 148 valence electrons. The summed E-state index contributed by atoms with van der Waals surface area (Å²) in [5.74, 6) is 0.165. The number of fused-ring (bicyclic) bond motifs is 1. The molecule has 0 unspecified atom stereocenters. The molecule has 0 aliphatic carbocycles. The average molecular weight is 391 g/mol. The van der Waals surface area contributed by atoms with Crippen LogP contribution in [0.1, 0.15) is 41.4 Å². The monoisotopic (exact) mass is 391 g/mol. The molecule has 1 fully saturated rings. The van der Waals surface area contributed by atoms with Gasteiger partial charge in [-0.3, -0.25) is 4.79 Å². The Hall–Kier alpha value is -3.01. The zero-order chi connectivity index (χ0) is 19.7. The number of carbonyl (C=O) groups is 1. The second-order valence-electron chi connectivity index (χ2n) is 6.49. The highest BCUT2D eigenvalue weighted by Crippen LogP contribution is 2.28. The number of alkyl halides is 2. The fourth-order valence-corrected chi connectivity index (χ4v) is 3.26. The number of anilines is 1. The zero-order valence-corrected chi connectivity index (χ0v) is 15.1. The largest absolute Gasteiger partial charge is 0.496 e. The van der Waals surface area contributed by atoms with Crippen LogP contribution >= 0.6 is 0 Å². The number of halogens is 2. The van der Waals surface area contributed by atoms with E-state index in [0.29, 0.717) is 35.2 Å². The molecule has 3 aromatic heterocycles. The number of pyridine rings is 1. The van der Waals surface area contributed by atoms with Crippen molar-refractivity contribution in [2.75, 3.05) is 25.6 Å². The number of hydrogen-bond acceptors (Lipinski definition) is 5. The summed E-state index contributed by atoms with van der Waals surface area (Å²) in [5.41, 5.74) is 1.85. The Kier molecular flexibility index (Phi) is 4.95. The normalized spacial score (nSPS) is 15.3. The standard InChI is InChI=1S/C18H19F2N5O3/c1-27-14-8-16-21-13(11-3-6-28-7-4-11)10-24(16)9-12(14)17(26)22-15-2-5-25(23-15)18(19)20/h2,5,8-11,18H,3-4,6-7H2,1H3,(H,22,23,26). The molecule has 8 nitrogen and oxygen atoms in total. The minimum atomic E-state index is -2.77. The first kappa shape index (κ1) is 18.4. The van der Waals surface area contributed by atoms with Crippen molar-refractivity contribution >= 4 is 17.4 Å². The van der Waals surface area contributed by atoms with Crippen LogP contribution in [0.4, 0.5) is 14.6 Å². The number of imidazole rings is 1. The fraction of sp³-hybridized carbons (Fsp3) is 0.389. The van der Waals surface area contributed by atoms with E-state index in [1.807, 2.05) is 6.20 Å². The number of aromatic nitrogens is 4. The Morgan fingerprint density at radius 1 is 1.36 bits per heavy atom. The summed E-state index contributed by atoms with van der Waals surface area (Å²) >= 11 is 0. The van der Waals surface area contributed by atoms with Gasteiger partial charge in [0, 0.05) is 49.9 Å². The molecule has 28 heavy (non-hydrogen) atoms. The van der Waals surface area contributed by atoms with Crippen molar-refractivity contribution in [1.82, 2.24) is 19.2 Å². The summed E-state index contributed by atoms with van der Waals surface area (Å²) in [6.45, 7) is -1.35. The predicted octanol–water partition coefficient (Wildman–Crippen LogP) is 3.08. The molecule has 4 rings (SSSR count). The van der Waals surface area contributed by atoms with Crippen molar-refractivity contribution < 1.29 is 23.0 Å². The first-order chi connectivity index (χ1) is 13.5. The Balaban J connectivity index is 1.62. The number of nitrogens with zero attached hydrogens (tertiary/aromatic N) is 4. The Labute approximate surface area is 159 Å². The van der Waals surface area contributed by atoms with E-state index in [4.69, 9.17) is 9.47 Å². The first-order valence-corrected chi connectivity index (χ1v) is 8.84. The van der Waals surface area contributed by atoms with Gasteiger partial charge in [0.25, 0.3) is 5.91 Å². The molecule has 0 radical (unpaired) electrons. The lowest BCUT2D eigenvalue weighted by molar-refractivity contribution is 0.0568. The molecule has 0 aromatic carbocycles. The average Bonchev–Trinajstić information content (AvgIpc) is 3.34. The van der Waals surface area contributed by atoms with Crippen molar-refractivity contribution in [1.29, 1.82) is 0 Å². The van der Waals surface area contributed by atoms with Crippen LogP contribution < -0.4 is 10.1 Å². The molecule has 4 heterocycles. The first-order valence-electron chi connectivity index (χ1n) is 8.84. The summed E-state index contributed by atoms with van der Waals surface area (Å²) in [6.07, 6.45) is 6.41. The second kappa shape index (κ2) is 7.55. The molecule has 1 saturated heterocycles. The number of hydrogen-bond donors (Lipinski definition) is 1. The molecule has 0 spiro atoms. The van der Waals surface area contributed by atoms with Crippen LogP contribution in [0.2, 0.25) is 0 Å². The summed E-state index contributed by atoms with van der Waals surface area (Å²) in [4.78, 5) is 17.3. The lowest BCUT2D eigenvalue weighted by atomic mass is 9.97. The zero-order valence-electron chi connectivity index (χ0n) is 15.1. The van der Waals surface area contributed by atoms with Crippen LogP contribution in [0.15, 0.2) is 30.7 Å². The minimum Gasteiger partial charge on any atom is -0.496 e. The molecule has 0 saturated carbocycles. The van der Waals surface area contributed by atoms with Gasteiger partial charge in [-0.05, 0) is 12.8 Å². The van der Waals surface area contributed by atoms with Crippen LogP contribution in [0.3, 0.4) is 0 Å². The maximum absolute atomic E-state index is 12.6.